The van der Waals surface area contributed by atoms with Gasteiger partial charge in [-0.2, -0.15) is 0 Å². The minimum atomic E-state index is -0.324. The molecule has 0 unspecified atom stereocenters. The number of unbranched alkanes of at least 4 members (excludes halogenated alkanes) is 1. The molecule has 6 heteroatoms. The van der Waals surface area contributed by atoms with E-state index in [1.807, 2.05) is 19.1 Å². The molecule has 6 nitrogen and oxygen atoms in total. The van der Waals surface area contributed by atoms with Gasteiger partial charge in [0.1, 0.15) is 5.69 Å². The van der Waals surface area contributed by atoms with Gasteiger partial charge in [-0.25, -0.2) is 0 Å². The number of carbonyl (C=O) groups excluding carboxylic acids is 2. The van der Waals surface area contributed by atoms with E-state index >= 15 is 0 Å². The van der Waals surface area contributed by atoms with Crippen LogP contribution in [0.1, 0.15) is 60.0 Å². The van der Waals surface area contributed by atoms with Crippen LogP contribution in [0, 0.1) is 6.92 Å². The van der Waals surface area contributed by atoms with Crippen LogP contribution in [-0.2, 0) is 0 Å². The van der Waals surface area contributed by atoms with E-state index in [0.29, 0.717) is 12.1 Å². The molecule has 0 saturated carbocycles. The van der Waals surface area contributed by atoms with E-state index in [1.165, 1.54) is 6.20 Å². The molecule has 0 atom stereocenters. The number of anilines is 2. The first-order chi connectivity index (χ1) is 13.9. The van der Waals surface area contributed by atoms with Crippen LogP contribution in [0.4, 0.5) is 11.4 Å². The third-order valence-corrected chi connectivity index (χ3v) is 5.02. The SMILES string of the molecule is CCCCN(C)C(=O)c1ccnc(C(=O)Nc2ccc(N(CC)CC)cc2C)c1. The quantitative estimate of drug-likeness (QED) is 0.684. The Morgan fingerprint density at radius 2 is 1.79 bits per heavy atom. The van der Waals surface area contributed by atoms with E-state index in [9.17, 15) is 9.59 Å². The number of pyridine rings is 1. The normalized spacial score (nSPS) is 10.5. The Kier molecular flexibility index (Phi) is 8.19. The predicted molar refractivity (Wildman–Crippen MR) is 119 cm³/mol. The first-order valence-electron chi connectivity index (χ1n) is 10.3. The highest BCUT2D eigenvalue weighted by molar-refractivity contribution is 6.05. The highest BCUT2D eigenvalue weighted by Gasteiger charge is 2.16. The summed E-state index contributed by atoms with van der Waals surface area (Å²) in [6, 6.07) is 9.18. The first-order valence-corrected chi connectivity index (χ1v) is 10.3. The van der Waals surface area contributed by atoms with E-state index in [-0.39, 0.29) is 17.5 Å². The van der Waals surface area contributed by atoms with Crippen molar-refractivity contribution < 1.29 is 9.59 Å². The highest BCUT2D eigenvalue weighted by Crippen LogP contribution is 2.23. The van der Waals surface area contributed by atoms with Crippen molar-refractivity contribution in [1.82, 2.24) is 9.88 Å². The number of rotatable bonds is 9. The van der Waals surface area contributed by atoms with Crippen LogP contribution in [0.2, 0.25) is 0 Å². The fourth-order valence-corrected chi connectivity index (χ4v) is 3.16. The summed E-state index contributed by atoms with van der Waals surface area (Å²) in [4.78, 5) is 33.3. The van der Waals surface area contributed by atoms with Crippen molar-refractivity contribution in [3.8, 4) is 0 Å². The maximum Gasteiger partial charge on any atom is 0.274 e. The molecule has 2 amide bonds. The molecule has 0 aliphatic rings. The molecule has 1 aromatic heterocycles. The summed E-state index contributed by atoms with van der Waals surface area (Å²) in [6.07, 6.45) is 3.48. The molecule has 2 aromatic rings. The number of nitrogens with zero attached hydrogens (tertiary/aromatic N) is 3. The zero-order chi connectivity index (χ0) is 21.4. The number of nitrogens with one attached hydrogen (secondary N) is 1. The van der Waals surface area contributed by atoms with Crippen LogP contribution < -0.4 is 10.2 Å². The molecule has 156 valence electrons. The van der Waals surface area contributed by atoms with Gasteiger partial charge < -0.3 is 15.1 Å². The van der Waals surface area contributed by atoms with Crippen LogP contribution in [-0.4, -0.2) is 48.4 Å². The highest BCUT2D eigenvalue weighted by atomic mass is 16.2. The average Bonchev–Trinajstić information content (AvgIpc) is 2.74. The van der Waals surface area contributed by atoms with Crippen molar-refractivity contribution in [2.45, 2.75) is 40.5 Å². The third kappa shape index (κ3) is 5.79. The lowest BCUT2D eigenvalue weighted by molar-refractivity contribution is 0.0793. The van der Waals surface area contributed by atoms with E-state index < -0.39 is 0 Å². The molecule has 1 aromatic carbocycles. The minimum Gasteiger partial charge on any atom is -0.372 e. The Hall–Kier alpha value is -2.89. The van der Waals surface area contributed by atoms with Crippen molar-refractivity contribution in [1.29, 1.82) is 0 Å². The Morgan fingerprint density at radius 3 is 2.41 bits per heavy atom. The van der Waals surface area contributed by atoms with Gasteiger partial charge in [-0.1, -0.05) is 13.3 Å². The maximum atomic E-state index is 12.7. The zero-order valence-electron chi connectivity index (χ0n) is 18.2. The summed E-state index contributed by atoms with van der Waals surface area (Å²) in [5, 5.41) is 2.91. The number of benzene rings is 1. The molecule has 1 heterocycles. The maximum absolute atomic E-state index is 12.7. The second-order valence-electron chi connectivity index (χ2n) is 7.14. The third-order valence-electron chi connectivity index (χ3n) is 5.02. The summed E-state index contributed by atoms with van der Waals surface area (Å²) < 4.78 is 0. The zero-order valence-corrected chi connectivity index (χ0v) is 18.2. The fourth-order valence-electron chi connectivity index (χ4n) is 3.16. The molecule has 0 aliphatic carbocycles. The second kappa shape index (κ2) is 10.6. The number of aryl methyl sites for hydroxylation is 1. The van der Waals surface area contributed by atoms with E-state index in [1.54, 1.807) is 24.1 Å². The molecule has 0 bridgehead atoms. The fraction of sp³-hybridized carbons (Fsp3) is 0.435. The monoisotopic (exact) mass is 396 g/mol. The van der Waals surface area contributed by atoms with Crippen LogP contribution in [0.5, 0.6) is 0 Å². The topological polar surface area (TPSA) is 65.5 Å². The van der Waals surface area contributed by atoms with Gasteiger partial charge in [0.25, 0.3) is 11.8 Å². The molecule has 0 spiro atoms. The molecule has 0 saturated heterocycles. The molecule has 29 heavy (non-hydrogen) atoms. The molecular formula is C23H32N4O2. The summed E-state index contributed by atoms with van der Waals surface area (Å²) in [6.45, 7) is 10.8. The van der Waals surface area contributed by atoms with Crippen LogP contribution in [0.25, 0.3) is 0 Å². The Labute approximate surface area is 173 Å². The number of hydrogen-bond donors (Lipinski definition) is 1. The summed E-state index contributed by atoms with van der Waals surface area (Å²) in [5.41, 5.74) is 3.55. The standard InChI is InChI=1S/C23H32N4O2/c1-6-9-14-26(5)23(29)18-12-13-24-21(16-18)22(28)25-20-11-10-19(15-17(20)4)27(7-2)8-3/h10-13,15-16H,6-9,14H2,1-5H3,(H,25,28). The van der Waals surface area contributed by atoms with Gasteiger partial charge in [0.15, 0.2) is 0 Å². The molecular weight excluding hydrogens is 364 g/mol. The van der Waals surface area contributed by atoms with Crippen molar-refractivity contribution in [3.05, 3.63) is 53.3 Å². The second-order valence-corrected chi connectivity index (χ2v) is 7.14. The van der Waals surface area contributed by atoms with E-state index in [0.717, 1.165) is 42.9 Å². The van der Waals surface area contributed by atoms with Gasteiger partial charge in [-0.15, -0.1) is 0 Å². The first kappa shape index (κ1) is 22.4. The van der Waals surface area contributed by atoms with Crippen LogP contribution in [0.15, 0.2) is 36.5 Å². The van der Waals surface area contributed by atoms with Gasteiger partial charge >= 0.3 is 0 Å². The lowest BCUT2D eigenvalue weighted by Gasteiger charge is -2.22. The average molecular weight is 397 g/mol. The van der Waals surface area contributed by atoms with Crippen molar-refractivity contribution in [2.75, 3.05) is 36.9 Å². The number of hydrogen-bond acceptors (Lipinski definition) is 4. The molecule has 0 fully saturated rings. The minimum absolute atomic E-state index is 0.102. The van der Waals surface area contributed by atoms with Gasteiger partial charge in [-0.3, -0.25) is 14.6 Å². The van der Waals surface area contributed by atoms with Crippen LogP contribution in [0.3, 0.4) is 0 Å². The van der Waals surface area contributed by atoms with Gasteiger partial charge in [-0.05, 0) is 63.1 Å². The van der Waals surface area contributed by atoms with Crippen LogP contribution >= 0.6 is 0 Å². The van der Waals surface area contributed by atoms with Gasteiger partial charge in [0.05, 0.1) is 0 Å². The summed E-state index contributed by atoms with van der Waals surface area (Å²) in [5.74, 6) is -0.427. The molecule has 2 rings (SSSR count). The van der Waals surface area contributed by atoms with Crippen molar-refractivity contribution >= 4 is 23.2 Å². The Morgan fingerprint density at radius 1 is 1.07 bits per heavy atom. The number of aromatic nitrogens is 1. The summed E-state index contributed by atoms with van der Waals surface area (Å²) >= 11 is 0. The smallest absolute Gasteiger partial charge is 0.274 e. The molecule has 1 N–H and O–H groups in total. The summed E-state index contributed by atoms with van der Waals surface area (Å²) in [7, 11) is 1.78. The molecule has 0 aliphatic heterocycles. The van der Waals surface area contributed by atoms with Crippen molar-refractivity contribution in [2.24, 2.45) is 0 Å². The largest absolute Gasteiger partial charge is 0.372 e. The number of carbonyl (C=O) groups is 2. The van der Waals surface area contributed by atoms with E-state index in [2.05, 4.69) is 42.0 Å². The predicted octanol–water partition coefficient (Wildman–Crippen LogP) is 4.36. The Balaban J connectivity index is 2.14. The van der Waals surface area contributed by atoms with E-state index in [4.69, 9.17) is 0 Å². The van der Waals surface area contributed by atoms with Crippen molar-refractivity contribution in [3.63, 3.8) is 0 Å². The number of amides is 2. The molecule has 0 radical (unpaired) electrons. The lowest BCUT2D eigenvalue weighted by atomic mass is 10.1. The lowest BCUT2D eigenvalue weighted by Crippen LogP contribution is -2.28. The Bertz CT molecular complexity index is 847. The van der Waals surface area contributed by atoms with Gasteiger partial charge in [0.2, 0.25) is 0 Å². The van der Waals surface area contributed by atoms with Gasteiger partial charge in [0, 0.05) is 49.8 Å².